The number of hydrogen-bond acceptors (Lipinski definition) is 3. The zero-order valence-electron chi connectivity index (χ0n) is 8.50. The minimum absolute atomic E-state index is 0.209. The minimum Gasteiger partial charge on any atom is -0.299 e. The van der Waals surface area contributed by atoms with Gasteiger partial charge in [0.15, 0.2) is 0 Å². The first-order valence-electron chi connectivity index (χ1n) is 4.76. The molecule has 0 aromatic carbocycles. The Kier molecular flexibility index (Phi) is 2.62. The van der Waals surface area contributed by atoms with E-state index in [0.717, 1.165) is 12.1 Å². The van der Waals surface area contributed by atoms with E-state index >= 15 is 0 Å². The van der Waals surface area contributed by atoms with Crippen molar-refractivity contribution in [1.82, 2.24) is 19.3 Å². The Morgan fingerprint density at radius 1 is 1.40 bits per heavy atom. The van der Waals surface area contributed by atoms with Gasteiger partial charge in [0.05, 0.1) is 0 Å². The van der Waals surface area contributed by atoms with Crippen molar-refractivity contribution in [3.8, 4) is 0 Å². The molecule has 2 aromatic heterocycles. The van der Waals surface area contributed by atoms with Gasteiger partial charge in [-0.25, -0.2) is 9.78 Å². The fraction of sp³-hybridized carbons (Fsp3) is 0.300. The van der Waals surface area contributed by atoms with E-state index in [1.54, 1.807) is 27.7 Å². The Morgan fingerprint density at radius 3 is 2.93 bits per heavy atom. The van der Waals surface area contributed by atoms with Crippen LogP contribution in [0, 0.1) is 0 Å². The average molecular weight is 204 g/mol. The molecule has 2 rings (SSSR count). The molecule has 0 fully saturated rings. The fourth-order valence-corrected chi connectivity index (χ4v) is 1.44. The van der Waals surface area contributed by atoms with Crippen molar-refractivity contribution < 1.29 is 0 Å². The third-order valence-corrected chi connectivity index (χ3v) is 2.31. The second-order valence-corrected chi connectivity index (χ2v) is 3.29. The van der Waals surface area contributed by atoms with E-state index in [4.69, 9.17) is 0 Å². The van der Waals surface area contributed by atoms with Gasteiger partial charge in [-0.3, -0.25) is 9.25 Å². The molecule has 2 aromatic rings. The largest absolute Gasteiger partial charge is 0.347 e. The molecule has 0 saturated heterocycles. The van der Waals surface area contributed by atoms with Crippen molar-refractivity contribution in [2.45, 2.75) is 13.0 Å². The predicted molar refractivity (Wildman–Crippen MR) is 55.4 cm³/mol. The summed E-state index contributed by atoms with van der Waals surface area (Å²) in [5.74, 6) is 0. The van der Waals surface area contributed by atoms with E-state index in [1.165, 1.54) is 6.20 Å². The number of nitrogens with zero attached hydrogens (tertiary/aromatic N) is 4. The maximum Gasteiger partial charge on any atom is 0.347 e. The number of aromatic nitrogens is 4. The molecule has 0 radical (unpaired) electrons. The van der Waals surface area contributed by atoms with E-state index in [9.17, 15) is 4.79 Å². The molecular formula is C10H12N4O. The normalized spacial score (nSPS) is 10.5. The summed E-state index contributed by atoms with van der Waals surface area (Å²) >= 11 is 0. The standard InChI is InChI=1S/C10H12N4O/c1-13-9(3-6-12-13)4-8-14-7-2-5-11-10(14)15/h2-3,5-7H,4,8H2,1H3. The monoisotopic (exact) mass is 204 g/mol. The summed E-state index contributed by atoms with van der Waals surface area (Å²) in [5, 5.41) is 4.06. The molecule has 5 nitrogen and oxygen atoms in total. The van der Waals surface area contributed by atoms with Gasteiger partial charge in [0.2, 0.25) is 0 Å². The van der Waals surface area contributed by atoms with Crippen LogP contribution in [0.2, 0.25) is 0 Å². The van der Waals surface area contributed by atoms with Crippen LogP contribution in [0.4, 0.5) is 0 Å². The SMILES string of the molecule is Cn1nccc1CCn1cccnc1=O. The maximum atomic E-state index is 11.3. The van der Waals surface area contributed by atoms with Crippen LogP contribution in [0.3, 0.4) is 0 Å². The Labute approximate surface area is 87.0 Å². The molecule has 5 heteroatoms. The van der Waals surface area contributed by atoms with Crippen molar-refractivity contribution in [2.75, 3.05) is 0 Å². The fourth-order valence-electron chi connectivity index (χ4n) is 1.44. The Balaban J connectivity index is 2.09. The zero-order valence-corrected chi connectivity index (χ0v) is 8.50. The third kappa shape index (κ3) is 2.12. The lowest BCUT2D eigenvalue weighted by atomic mass is 10.3. The highest BCUT2D eigenvalue weighted by Gasteiger charge is 2.00. The summed E-state index contributed by atoms with van der Waals surface area (Å²) in [4.78, 5) is 15.0. The molecule has 0 atom stereocenters. The van der Waals surface area contributed by atoms with Crippen molar-refractivity contribution in [3.05, 3.63) is 46.9 Å². The van der Waals surface area contributed by atoms with Crippen LogP contribution in [0.25, 0.3) is 0 Å². The molecule has 0 bridgehead atoms. The summed E-state index contributed by atoms with van der Waals surface area (Å²) in [6, 6.07) is 3.70. The van der Waals surface area contributed by atoms with Crippen LogP contribution >= 0.6 is 0 Å². The molecule has 15 heavy (non-hydrogen) atoms. The summed E-state index contributed by atoms with van der Waals surface area (Å²) in [6.45, 7) is 0.631. The first-order valence-corrected chi connectivity index (χ1v) is 4.76. The lowest BCUT2D eigenvalue weighted by Crippen LogP contribution is -2.22. The first kappa shape index (κ1) is 9.64. The average Bonchev–Trinajstić information content (AvgIpc) is 2.63. The summed E-state index contributed by atoms with van der Waals surface area (Å²) in [6.07, 6.45) is 5.78. The Hall–Kier alpha value is -1.91. The molecule has 0 aliphatic heterocycles. The van der Waals surface area contributed by atoms with Crippen LogP contribution in [-0.2, 0) is 20.0 Å². The maximum absolute atomic E-state index is 11.3. The second kappa shape index (κ2) is 4.08. The quantitative estimate of drug-likeness (QED) is 0.718. The van der Waals surface area contributed by atoms with Crippen molar-refractivity contribution in [1.29, 1.82) is 0 Å². The molecule has 0 N–H and O–H groups in total. The Morgan fingerprint density at radius 2 is 2.27 bits per heavy atom. The van der Waals surface area contributed by atoms with Gasteiger partial charge in [-0.2, -0.15) is 5.10 Å². The highest BCUT2D eigenvalue weighted by Crippen LogP contribution is 1.98. The first-order chi connectivity index (χ1) is 7.27. The van der Waals surface area contributed by atoms with E-state index < -0.39 is 0 Å². The molecule has 2 heterocycles. The smallest absolute Gasteiger partial charge is 0.299 e. The van der Waals surface area contributed by atoms with Gasteiger partial charge in [-0.15, -0.1) is 0 Å². The van der Waals surface area contributed by atoms with E-state index in [0.29, 0.717) is 6.54 Å². The zero-order chi connectivity index (χ0) is 10.7. The van der Waals surface area contributed by atoms with E-state index in [-0.39, 0.29) is 5.69 Å². The number of hydrogen-bond donors (Lipinski definition) is 0. The highest BCUT2D eigenvalue weighted by atomic mass is 16.1. The number of rotatable bonds is 3. The van der Waals surface area contributed by atoms with Gasteiger partial charge >= 0.3 is 5.69 Å². The van der Waals surface area contributed by atoms with Gasteiger partial charge in [0, 0.05) is 44.3 Å². The second-order valence-electron chi connectivity index (χ2n) is 3.29. The molecule has 0 aliphatic rings. The van der Waals surface area contributed by atoms with Gasteiger partial charge in [0.25, 0.3) is 0 Å². The van der Waals surface area contributed by atoms with Gasteiger partial charge in [0.1, 0.15) is 0 Å². The van der Waals surface area contributed by atoms with Crippen LogP contribution < -0.4 is 5.69 Å². The highest BCUT2D eigenvalue weighted by molar-refractivity contribution is 5.00. The minimum atomic E-state index is -0.209. The van der Waals surface area contributed by atoms with Crippen molar-refractivity contribution in [3.63, 3.8) is 0 Å². The van der Waals surface area contributed by atoms with Crippen LogP contribution in [-0.4, -0.2) is 19.3 Å². The van der Waals surface area contributed by atoms with Crippen LogP contribution in [0.1, 0.15) is 5.69 Å². The van der Waals surface area contributed by atoms with Crippen LogP contribution in [0.5, 0.6) is 0 Å². The molecule has 0 aliphatic carbocycles. The summed E-state index contributed by atoms with van der Waals surface area (Å²) in [7, 11) is 1.89. The molecular weight excluding hydrogens is 192 g/mol. The molecule has 0 amide bonds. The molecule has 0 spiro atoms. The van der Waals surface area contributed by atoms with Gasteiger partial charge in [-0.05, 0) is 12.1 Å². The summed E-state index contributed by atoms with van der Waals surface area (Å²) in [5.41, 5.74) is 0.894. The number of aryl methyl sites for hydroxylation is 3. The van der Waals surface area contributed by atoms with Crippen molar-refractivity contribution >= 4 is 0 Å². The topological polar surface area (TPSA) is 52.7 Å². The van der Waals surface area contributed by atoms with E-state index in [1.807, 2.05) is 13.1 Å². The van der Waals surface area contributed by atoms with Crippen LogP contribution in [0.15, 0.2) is 35.5 Å². The molecule has 0 unspecified atom stereocenters. The van der Waals surface area contributed by atoms with Crippen molar-refractivity contribution in [2.24, 2.45) is 7.05 Å². The third-order valence-electron chi connectivity index (χ3n) is 2.31. The van der Waals surface area contributed by atoms with Gasteiger partial charge in [-0.1, -0.05) is 0 Å². The lowest BCUT2D eigenvalue weighted by molar-refractivity contribution is 0.610. The molecule has 0 saturated carbocycles. The lowest BCUT2D eigenvalue weighted by Gasteiger charge is -2.04. The van der Waals surface area contributed by atoms with Gasteiger partial charge < -0.3 is 0 Å². The molecule has 78 valence electrons. The Bertz CT molecular complexity index is 500. The van der Waals surface area contributed by atoms with E-state index in [2.05, 4.69) is 10.1 Å². The summed E-state index contributed by atoms with van der Waals surface area (Å²) < 4.78 is 3.40. The predicted octanol–water partition coefficient (Wildman–Crippen LogP) is 0.220.